The van der Waals surface area contributed by atoms with Gasteiger partial charge in [0.1, 0.15) is 5.72 Å². The predicted molar refractivity (Wildman–Crippen MR) is 27.9 cm³/mol. The molecule has 0 saturated carbocycles. The van der Waals surface area contributed by atoms with E-state index in [1.165, 1.54) is 0 Å². The molecule has 1 heterocycles. The number of hydrogen-bond acceptors (Lipinski definition) is 2. The molecule has 0 amide bonds. The topological polar surface area (TPSA) is 32.3 Å². The summed E-state index contributed by atoms with van der Waals surface area (Å²) in [7, 11) is 0. The zero-order chi connectivity index (χ0) is 5.33. The van der Waals surface area contributed by atoms with Crippen LogP contribution in [0.2, 0.25) is 0 Å². The summed E-state index contributed by atoms with van der Waals surface area (Å²) >= 11 is 0. The summed E-state index contributed by atoms with van der Waals surface area (Å²) in [5.41, 5.74) is -0.556. The largest absolute Gasteiger partial charge is 0.376 e. The van der Waals surface area contributed by atoms with Gasteiger partial charge in [-0.1, -0.05) is 0 Å². The Labute approximate surface area is 43.5 Å². The van der Waals surface area contributed by atoms with E-state index in [0.29, 0.717) is 0 Å². The number of hydrogen-bond donors (Lipinski definition) is 2. The molecule has 0 aliphatic carbocycles. The number of rotatable bonds is 0. The van der Waals surface area contributed by atoms with Crippen molar-refractivity contribution in [1.29, 1.82) is 0 Å². The van der Waals surface area contributed by atoms with Gasteiger partial charge < -0.3 is 5.11 Å². The molecule has 1 aliphatic heterocycles. The minimum Gasteiger partial charge on any atom is -0.376 e. The van der Waals surface area contributed by atoms with Gasteiger partial charge in [0.15, 0.2) is 0 Å². The fourth-order valence-electron chi connectivity index (χ4n) is 0.879. The van der Waals surface area contributed by atoms with Crippen molar-refractivity contribution in [3.63, 3.8) is 0 Å². The Morgan fingerprint density at radius 3 is 2.57 bits per heavy atom. The summed E-state index contributed by atoms with van der Waals surface area (Å²) in [4.78, 5) is 0. The van der Waals surface area contributed by atoms with Crippen molar-refractivity contribution in [1.82, 2.24) is 5.32 Å². The van der Waals surface area contributed by atoms with E-state index >= 15 is 0 Å². The average molecular weight is 101 g/mol. The Hall–Kier alpha value is -0.0800. The molecule has 0 aromatic rings. The third kappa shape index (κ3) is 1.14. The molecule has 1 aliphatic rings. The van der Waals surface area contributed by atoms with Crippen molar-refractivity contribution in [2.75, 3.05) is 6.54 Å². The van der Waals surface area contributed by atoms with E-state index in [-0.39, 0.29) is 0 Å². The lowest BCUT2D eigenvalue weighted by molar-refractivity contribution is 0.0449. The normalized spacial score (nSPS) is 42.0. The van der Waals surface area contributed by atoms with Crippen molar-refractivity contribution in [3.8, 4) is 0 Å². The van der Waals surface area contributed by atoms with Crippen LogP contribution >= 0.6 is 0 Å². The fraction of sp³-hybridized carbons (Fsp3) is 1.00. The summed E-state index contributed by atoms with van der Waals surface area (Å²) in [5, 5.41) is 12.0. The predicted octanol–water partition coefficient (Wildman–Crippen LogP) is 0.0783. The Balaban J connectivity index is 2.40. The van der Waals surface area contributed by atoms with Gasteiger partial charge in [0.2, 0.25) is 0 Å². The van der Waals surface area contributed by atoms with Crippen molar-refractivity contribution < 1.29 is 5.11 Å². The molecular formula is C5H11NO. The smallest absolute Gasteiger partial charge is 0.113 e. The summed E-state index contributed by atoms with van der Waals surface area (Å²) in [5.74, 6) is 0. The first-order valence-electron chi connectivity index (χ1n) is 2.68. The first kappa shape index (κ1) is 5.06. The molecule has 2 heteroatoms. The van der Waals surface area contributed by atoms with E-state index in [0.717, 1.165) is 19.4 Å². The van der Waals surface area contributed by atoms with Crippen LogP contribution in [0.5, 0.6) is 0 Å². The molecular weight excluding hydrogens is 90.1 g/mol. The van der Waals surface area contributed by atoms with Gasteiger partial charge in [-0.05, 0) is 26.3 Å². The van der Waals surface area contributed by atoms with Gasteiger partial charge >= 0.3 is 0 Å². The first-order valence-corrected chi connectivity index (χ1v) is 2.68. The van der Waals surface area contributed by atoms with Crippen molar-refractivity contribution >= 4 is 0 Å². The minimum absolute atomic E-state index is 0.556. The highest BCUT2D eigenvalue weighted by Crippen LogP contribution is 2.13. The van der Waals surface area contributed by atoms with E-state index in [1.807, 2.05) is 0 Å². The summed E-state index contributed by atoms with van der Waals surface area (Å²) in [6, 6.07) is 0. The lowest BCUT2D eigenvalue weighted by Crippen LogP contribution is -2.35. The second kappa shape index (κ2) is 1.46. The highest BCUT2D eigenvalue weighted by molar-refractivity contribution is 4.76. The molecule has 1 unspecified atom stereocenters. The molecule has 0 aromatic heterocycles. The third-order valence-corrected chi connectivity index (χ3v) is 1.35. The lowest BCUT2D eigenvalue weighted by Gasteiger charge is -2.14. The lowest BCUT2D eigenvalue weighted by atomic mass is 10.2. The maximum atomic E-state index is 9.08. The molecule has 0 bridgehead atoms. The molecule has 1 rings (SSSR count). The Morgan fingerprint density at radius 2 is 2.43 bits per heavy atom. The first-order chi connectivity index (χ1) is 3.21. The summed E-state index contributed by atoms with van der Waals surface area (Å²) < 4.78 is 0. The molecule has 7 heavy (non-hydrogen) atoms. The van der Waals surface area contributed by atoms with Crippen LogP contribution < -0.4 is 5.32 Å². The van der Waals surface area contributed by atoms with Gasteiger partial charge in [-0.15, -0.1) is 0 Å². The molecule has 1 atom stereocenters. The maximum absolute atomic E-state index is 9.08. The Bertz CT molecular complexity index is 62.5. The molecule has 1 saturated heterocycles. The van der Waals surface area contributed by atoms with Gasteiger partial charge in [0.05, 0.1) is 0 Å². The summed E-state index contributed by atoms with van der Waals surface area (Å²) in [6.45, 7) is 2.77. The van der Waals surface area contributed by atoms with Crippen LogP contribution in [-0.4, -0.2) is 17.4 Å². The van der Waals surface area contributed by atoms with E-state index < -0.39 is 5.72 Å². The van der Waals surface area contributed by atoms with Gasteiger partial charge in [-0.25, -0.2) is 0 Å². The van der Waals surface area contributed by atoms with Crippen LogP contribution in [0.25, 0.3) is 0 Å². The molecule has 2 N–H and O–H groups in total. The Morgan fingerprint density at radius 1 is 1.71 bits per heavy atom. The summed E-state index contributed by atoms with van der Waals surface area (Å²) in [6.07, 6.45) is 2.00. The van der Waals surface area contributed by atoms with E-state index in [2.05, 4.69) is 5.32 Å². The second-order valence-electron chi connectivity index (χ2n) is 2.30. The average Bonchev–Trinajstić information content (AvgIpc) is 1.84. The Kier molecular flexibility index (Phi) is 1.05. The van der Waals surface area contributed by atoms with E-state index in [4.69, 9.17) is 5.11 Å². The zero-order valence-corrected chi connectivity index (χ0v) is 4.57. The minimum atomic E-state index is -0.556. The fourth-order valence-corrected chi connectivity index (χ4v) is 0.879. The van der Waals surface area contributed by atoms with Crippen molar-refractivity contribution in [2.24, 2.45) is 0 Å². The molecule has 0 aromatic carbocycles. The van der Waals surface area contributed by atoms with Crippen LogP contribution in [0, 0.1) is 0 Å². The van der Waals surface area contributed by atoms with Gasteiger partial charge in [0, 0.05) is 0 Å². The van der Waals surface area contributed by atoms with Crippen molar-refractivity contribution in [3.05, 3.63) is 0 Å². The van der Waals surface area contributed by atoms with Gasteiger partial charge in [-0.3, -0.25) is 5.32 Å². The monoisotopic (exact) mass is 101 g/mol. The van der Waals surface area contributed by atoms with E-state index in [9.17, 15) is 0 Å². The molecule has 1 fully saturated rings. The zero-order valence-electron chi connectivity index (χ0n) is 4.57. The standard InChI is InChI=1S/C5H11NO/c1-5(7)3-2-4-6-5/h6-7H,2-4H2,1H3. The van der Waals surface area contributed by atoms with Gasteiger partial charge in [0.25, 0.3) is 0 Å². The number of aliphatic hydroxyl groups is 1. The maximum Gasteiger partial charge on any atom is 0.113 e. The highest BCUT2D eigenvalue weighted by atomic mass is 16.3. The third-order valence-electron chi connectivity index (χ3n) is 1.35. The van der Waals surface area contributed by atoms with Crippen LogP contribution in [0.3, 0.4) is 0 Å². The quantitative estimate of drug-likeness (QED) is 0.453. The van der Waals surface area contributed by atoms with Crippen LogP contribution in [-0.2, 0) is 0 Å². The highest BCUT2D eigenvalue weighted by Gasteiger charge is 2.23. The van der Waals surface area contributed by atoms with Crippen molar-refractivity contribution in [2.45, 2.75) is 25.5 Å². The van der Waals surface area contributed by atoms with Crippen LogP contribution in [0.1, 0.15) is 19.8 Å². The van der Waals surface area contributed by atoms with Gasteiger partial charge in [-0.2, -0.15) is 0 Å². The molecule has 2 nitrogen and oxygen atoms in total. The molecule has 42 valence electrons. The molecule has 0 spiro atoms. The number of nitrogens with one attached hydrogen (secondary N) is 1. The van der Waals surface area contributed by atoms with Crippen LogP contribution in [0.4, 0.5) is 0 Å². The molecule has 0 radical (unpaired) electrons. The van der Waals surface area contributed by atoms with E-state index in [1.54, 1.807) is 6.92 Å². The second-order valence-corrected chi connectivity index (χ2v) is 2.30. The van der Waals surface area contributed by atoms with Crippen LogP contribution in [0.15, 0.2) is 0 Å². The SMILES string of the molecule is CC1(O)CCCN1.